The summed E-state index contributed by atoms with van der Waals surface area (Å²) in [5.74, 6) is 1.93. The molecule has 2 rings (SSSR count). The summed E-state index contributed by atoms with van der Waals surface area (Å²) in [6, 6.07) is 1.82. The number of nitrogens with one attached hydrogen (secondary N) is 1. The normalized spacial score (nSPS) is 14.3. The van der Waals surface area contributed by atoms with Gasteiger partial charge >= 0.3 is 0 Å². The number of hydroxylamine groups is 1. The second-order valence-corrected chi connectivity index (χ2v) is 4.44. The Hall–Kier alpha value is -0.980. The fourth-order valence-corrected chi connectivity index (χ4v) is 2.39. The molecule has 0 atom stereocenters. The highest BCUT2D eigenvalue weighted by atomic mass is 79.9. The van der Waals surface area contributed by atoms with Crippen LogP contribution in [-0.4, -0.2) is 25.5 Å². The third kappa shape index (κ3) is 2.48. The summed E-state index contributed by atoms with van der Waals surface area (Å²) in [6.07, 6.45) is 0.834. The molecule has 0 saturated carbocycles. The largest absolute Gasteiger partial charge is 0.495 e. The average molecular weight is 304 g/mol. The number of rotatable bonds is 3. The summed E-state index contributed by atoms with van der Waals surface area (Å²) < 4.78 is 17.3. The van der Waals surface area contributed by atoms with E-state index < -0.39 is 0 Å². The number of fused-ring (bicyclic) bond motifs is 1. The lowest BCUT2D eigenvalue weighted by atomic mass is 10.1. The molecule has 1 heterocycles. The molecular weight excluding hydrogens is 290 g/mol. The van der Waals surface area contributed by atoms with E-state index >= 15 is 0 Å². The quantitative estimate of drug-likeness (QED) is 0.838. The molecule has 1 aliphatic heterocycles. The van der Waals surface area contributed by atoms with Crippen molar-refractivity contribution < 1.29 is 19.4 Å². The Bertz CT molecular complexity index is 411. The van der Waals surface area contributed by atoms with Crippen molar-refractivity contribution in [2.75, 3.05) is 20.3 Å². The van der Waals surface area contributed by atoms with Gasteiger partial charge in [0.05, 0.1) is 36.9 Å². The van der Waals surface area contributed by atoms with E-state index in [4.69, 9.17) is 19.4 Å². The highest BCUT2D eigenvalue weighted by Crippen LogP contribution is 2.43. The van der Waals surface area contributed by atoms with Crippen LogP contribution < -0.4 is 19.7 Å². The Morgan fingerprint density at radius 2 is 2.24 bits per heavy atom. The van der Waals surface area contributed by atoms with Crippen LogP contribution in [0.4, 0.5) is 0 Å². The molecule has 0 radical (unpaired) electrons. The van der Waals surface area contributed by atoms with Gasteiger partial charge in [0.15, 0.2) is 11.5 Å². The van der Waals surface area contributed by atoms with Crippen molar-refractivity contribution in [2.24, 2.45) is 0 Å². The van der Waals surface area contributed by atoms with Crippen molar-refractivity contribution >= 4 is 15.9 Å². The summed E-state index contributed by atoms with van der Waals surface area (Å²) in [5, 5.41) is 8.89. The van der Waals surface area contributed by atoms with E-state index in [1.807, 2.05) is 6.07 Å². The Morgan fingerprint density at radius 1 is 1.47 bits per heavy atom. The van der Waals surface area contributed by atoms with Crippen LogP contribution in [0.15, 0.2) is 10.5 Å². The molecule has 0 aliphatic carbocycles. The maximum atomic E-state index is 8.89. The zero-order valence-electron chi connectivity index (χ0n) is 9.46. The number of benzene rings is 1. The standard InChI is InChI=1S/C11H14BrNO4/c1-15-10-7(6-13-14)11-9(5-8(10)12)16-3-2-4-17-11/h5,13-14H,2-4,6H2,1H3. The third-order valence-corrected chi connectivity index (χ3v) is 3.09. The fourth-order valence-electron chi connectivity index (χ4n) is 1.78. The van der Waals surface area contributed by atoms with E-state index in [1.165, 1.54) is 0 Å². The summed E-state index contributed by atoms with van der Waals surface area (Å²) in [6.45, 7) is 1.45. The highest BCUT2D eigenvalue weighted by molar-refractivity contribution is 9.10. The summed E-state index contributed by atoms with van der Waals surface area (Å²) >= 11 is 3.41. The van der Waals surface area contributed by atoms with E-state index in [2.05, 4.69) is 21.4 Å². The van der Waals surface area contributed by atoms with Gasteiger partial charge in [0, 0.05) is 12.5 Å². The molecule has 94 valence electrons. The molecule has 17 heavy (non-hydrogen) atoms. The molecule has 6 heteroatoms. The van der Waals surface area contributed by atoms with Crippen LogP contribution in [0.2, 0.25) is 0 Å². The van der Waals surface area contributed by atoms with E-state index in [9.17, 15) is 0 Å². The summed E-state index contributed by atoms with van der Waals surface area (Å²) in [4.78, 5) is 0. The van der Waals surface area contributed by atoms with Gasteiger partial charge in [0.2, 0.25) is 0 Å². The molecule has 0 aromatic heterocycles. The highest BCUT2D eigenvalue weighted by Gasteiger charge is 2.21. The van der Waals surface area contributed by atoms with Gasteiger partial charge in [0.1, 0.15) is 5.75 Å². The van der Waals surface area contributed by atoms with Crippen LogP contribution in [0.5, 0.6) is 17.2 Å². The molecule has 1 aromatic carbocycles. The molecule has 2 N–H and O–H groups in total. The minimum atomic E-state index is 0.230. The van der Waals surface area contributed by atoms with Gasteiger partial charge in [-0.2, -0.15) is 0 Å². The molecule has 1 aliphatic rings. The molecule has 0 fully saturated rings. The van der Waals surface area contributed by atoms with Crippen molar-refractivity contribution in [3.63, 3.8) is 0 Å². The fraction of sp³-hybridized carbons (Fsp3) is 0.455. The maximum Gasteiger partial charge on any atom is 0.169 e. The number of methoxy groups -OCH3 is 1. The predicted molar refractivity (Wildman–Crippen MR) is 64.9 cm³/mol. The van der Waals surface area contributed by atoms with Crippen LogP contribution >= 0.6 is 15.9 Å². The first kappa shape index (κ1) is 12.5. The van der Waals surface area contributed by atoms with Crippen molar-refractivity contribution in [1.29, 1.82) is 0 Å². The topological polar surface area (TPSA) is 60.0 Å². The van der Waals surface area contributed by atoms with E-state index in [1.54, 1.807) is 7.11 Å². The minimum absolute atomic E-state index is 0.230. The third-order valence-electron chi connectivity index (χ3n) is 2.50. The monoisotopic (exact) mass is 303 g/mol. The zero-order chi connectivity index (χ0) is 12.3. The van der Waals surface area contributed by atoms with Crippen LogP contribution in [0, 0.1) is 0 Å². The second-order valence-electron chi connectivity index (χ2n) is 3.58. The van der Waals surface area contributed by atoms with Crippen molar-refractivity contribution in [2.45, 2.75) is 13.0 Å². The number of hydrogen-bond acceptors (Lipinski definition) is 5. The molecule has 5 nitrogen and oxygen atoms in total. The first-order valence-corrected chi connectivity index (χ1v) is 6.09. The SMILES string of the molecule is COc1c(Br)cc2c(c1CNO)OCCCO2. The van der Waals surface area contributed by atoms with E-state index in [0.717, 1.165) is 16.5 Å². The van der Waals surface area contributed by atoms with Gasteiger partial charge < -0.3 is 19.4 Å². The molecule has 1 aromatic rings. The van der Waals surface area contributed by atoms with Gasteiger partial charge in [-0.25, -0.2) is 5.48 Å². The number of halogens is 1. The van der Waals surface area contributed by atoms with Gasteiger partial charge in [-0.05, 0) is 15.9 Å². The van der Waals surface area contributed by atoms with Gasteiger partial charge in [-0.1, -0.05) is 0 Å². The van der Waals surface area contributed by atoms with Gasteiger partial charge in [-0.15, -0.1) is 0 Å². The Morgan fingerprint density at radius 3 is 2.94 bits per heavy atom. The van der Waals surface area contributed by atoms with Crippen LogP contribution in [-0.2, 0) is 6.54 Å². The molecule has 0 unspecified atom stereocenters. The molecular formula is C11H14BrNO4. The number of ether oxygens (including phenoxy) is 3. The lowest BCUT2D eigenvalue weighted by Gasteiger charge is -2.17. The molecule has 0 spiro atoms. The predicted octanol–water partition coefficient (Wildman–Crippen LogP) is 2.10. The number of hydrogen-bond donors (Lipinski definition) is 2. The summed E-state index contributed by atoms with van der Waals surface area (Å²) in [5.41, 5.74) is 2.86. The molecule has 0 bridgehead atoms. The smallest absolute Gasteiger partial charge is 0.169 e. The minimum Gasteiger partial charge on any atom is -0.495 e. The lowest BCUT2D eigenvalue weighted by molar-refractivity contribution is 0.158. The lowest BCUT2D eigenvalue weighted by Crippen LogP contribution is -2.10. The van der Waals surface area contributed by atoms with Crippen LogP contribution in [0.3, 0.4) is 0 Å². The van der Waals surface area contributed by atoms with E-state index in [0.29, 0.717) is 30.5 Å². The van der Waals surface area contributed by atoms with Crippen LogP contribution in [0.25, 0.3) is 0 Å². The Balaban J connectivity index is 2.53. The van der Waals surface area contributed by atoms with Gasteiger partial charge in [0.25, 0.3) is 0 Å². The Kier molecular flexibility index (Phi) is 4.09. The summed E-state index contributed by atoms with van der Waals surface area (Å²) in [7, 11) is 1.57. The Labute approximate surface area is 108 Å². The van der Waals surface area contributed by atoms with Crippen molar-refractivity contribution in [3.8, 4) is 17.2 Å². The molecule has 0 saturated heterocycles. The van der Waals surface area contributed by atoms with Gasteiger partial charge in [-0.3, -0.25) is 0 Å². The van der Waals surface area contributed by atoms with Crippen LogP contribution in [0.1, 0.15) is 12.0 Å². The maximum absolute atomic E-state index is 8.89. The molecule has 0 amide bonds. The van der Waals surface area contributed by atoms with E-state index in [-0.39, 0.29) is 6.54 Å². The zero-order valence-corrected chi connectivity index (χ0v) is 11.0. The van der Waals surface area contributed by atoms with Crippen molar-refractivity contribution in [3.05, 3.63) is 16.1 Å². The second kappa shape index (κ2) is 5.57. The first-order valence-electron chi connectivity index (χ1n) is 5.30. The first-order chi connectivity index (χ1) is 8.27. The van der Waals surface area contributed by atoms with Crippen molar-refractivity contribution in [1.82, 2.24) is 5.48 Å². The average Bonchev–Trinajstić information content (AvgIpc) is 2.54.